The molecule has 3 aromatic rings. The van der Waals surface area contributed by atoms with Gasteiger partial charge in [0.25, 0.3) is 5.91 Å². The highest BCUT2D eigenvalue weighted by molar-refractivity contribution is 9.10. The van der Waals surface area contributed by atoms with Gasteiger partial charge in [-0.05, 0) is 42.0 Å². The van der Waals surface area contributed by atoms with E-state index in [1.807, 2.05) is 55.4 Å². The highest BCUT2D eigenvalue weighted by Crippen LogP contribution is 2.40. The summed E-state index contributed by atoms with van der Waals surface area (Å²) in [5.74, 6) is -1.62. The first-order chi connectivity index (χ1) is 15.3. The maximum Gasteiger partial charge on any atom is 0.290 e. The van der Waals surface area contributed by atoms with Crippen molar-refractivity contribution in [2.75, 3.05) is 39.3 Å². The SMILES string of the molecule is COCCN1C(=O)C(O)=C(C(=O)c2cc3cc(Br)ccc3o2)C1c1ccc(N(C)C)cc1. The molecule has 7 nitrogen and oxygen atoms in total. The van der Waals surface area contributed by atoms with Crippen LogP contribution in [0.2, 0.25) is 0 Å². The van der Waals surface area contributed by atoms with Crippen LogP contribution in [0.1, 0.15) is 22.2 Å². The number of aliphatic hydroxyl groups excluding tert-OH is 1. The number of carbonyl (C=O) groups is 2. The monoisotopic (exact) mass is 498 g/mol. The quantitative estimate of drug-likeness (QED) is 0.483. The smallest absolute Gasteiger partial charge is 0.290 e. The second-order valence-corrected chi connectivity index (χ2v) is 8.68. The molecule has 1 atom stereocenters. The van der Waals surface area contributed by atoms with Crippen LogP contribution in [0.4, 0.5) is 5.69 Å². The Labute approximate surface area is 194 Å². The number of anilines is 1. The molecule has 1 aliphatic heterocycles. The van der Waals surface area contributed by atoms with Crippen molar-refractivity contribution in [3.63, 3.8) is 0 Å². The van der Waals surface area contributed by atoms with Crippen molar-refractivity contribution in [2.45, 2.75) is 6.04 Å². The van der Waals surface area contributed by atoms with Gasteiger partial charge in [-0.2, -0.15) is 0 Å². The minimum atomic E-state index is -0.749. The number of methoxy groups -OCH3 is 1. The van der Waals surface area contributed by atoms with Crippen LogP contribution in [0.3, 0.4) is 0 Å². The van der Waals surface area contributed by atoms with Crippen LogP contribution in [-0.2, 0) is 9.53 Å². The Balaban J connectivity index is 1.78. The molecule has 1 aliphatic rings. The van der Waals surface area contributed by atoms with Crippen LogP contribution in [0.15, 0.2) is 68.8 Å². The lowest BCUT2D eigenvalue weighted by Gasteiger charge is -2.26. The molecule has 4 rings (SSSR count). The molecule has 1 unspecified atom stereocenters. The molecule has 8 heteroatoms. The van der Waals surface area contributed by atoms with Crippen molar-refractivity contribution in [3.8, 4) is 0 Å². The second-order valence-electron chi connectivity index (χ2n) is 7.76. The Morgan fingerprint density at radius 1 is 1.19 bits per heavy atom. The number of aliphatic hydroxyl groups is 1. The lowest BCUT2D eigenvalue weighted by Crippen LogP contribution is -2.34. The number of ketones is 1. The highest BCUT2D eigenvalue weighted by Gasteiger charge is 2.44. The number of amides is 1. The van der Waals surface area contributed by atoms with Crippen LogP contribution in [0.25, 0.3) is 11.0 Å². The van der Waals surface area contributed by atoms with E-state index in [1.54, 1.807) is 12.1 Å². The van der Waals surface area contributed by atoms with Gasteiger partial charge in [0.1, 0.15) is 5.58 Å². The third-order valence-electron chi connectivity index (χ3n) is 5.51. The fourth-order valence-electron chi connectivity index (χ4n) is 3.87. The molecule has 32 heavy (non-hydrogen) atoms. The molecule has 1 aromatic heterocycles. The molecule has 1 N–H and O–H groups in total. The van der Waals surface area contributed by atoms with Crippen LogP contribution in [0, 0.1) is 0 Å². The number of fused-ring (bicyclic) bond motifs is 1. The van der Waals surface area contributed by atoms with Crippen molar-refractivity contribution in [2.24, 2.45) is 0 Å². The number of nitrogens with zero attached hydrogens (tertiary/aromatic N) is 2. The predicted octanol–water partition coefficient (Wildman–Crippen LogP) is 4.49. The molecule has 0 saturated carbocycles. The zero-order valence-electron chi connectivity index (χ0n) is 18.0. The molecule has 0 bridgehead atoms. The maximum absolute atomic E-state index is 13.5. The summed E-state index contributed by atoms with van der Waals surface area (Å²) in [6, 6.07) is 13.8. The summed E-state index contributed by atoms with van der Waals surface area (Å²) in [5, 5.41) is 11.5. The Morgan fingerprint density at radius 3 is 2.56 bits per heavy atom. The number of Topliss-reactive ketones (excluding diaryl/α,β-unsaturated/α-hetero) is 1. The van der Waals surface area contributed by atoms with Gasteiger partial charge >= 0.3 is 0 Å². The minimum absolute atomic E-state index is 0.00169. The summed E-state index contributed by atoms with van der Waals surface area (Å²) in [5.41, 5.74) is 2.24. The van der Waals surface area contributed by atoms with E-state index >= 15 is 0 Å². The summed E-state index contributed by atoms with van der Waals surface area (Å²) < 4.78 is 11.8. The van der Waals surface area contributed by atoms with Gasteiger partial charge in [-0.25, -0.2) is 0 Å². The zero-order valence-corrected chi connectivity index (χ0v) is 19.5. The van der Waals surface area contributed by atoms with E-state index in [0.29, 0.717) is 11.1 Å². The van der Waals surface area contributed by atoms with E-state index in [2.05, 4.69) is 15.9 Å². The molecular weight excluding hydrogens is 476 g/mol. The zero-order chi connectivity index (χ0) is 23.0. The average molecular weight is 499 g/mol. The molecule has 2 aromatic carbocycles. The lowest BCUT2D eigenvalue weighted by molar-refractivity contribution is -0.130. The van der Waals surface area contributed by atoms with Crippen LogP contribution < -0.4 is 4.90 Å². The van der Waals surface area contributed by atoms with Crippen molar-refractivity contribution >= 4 is 44.3 Å². The molecule has 0 spiro atoms. The van der Waals surface area contributed by atoms with E-state index in [4.69, 9.17) is 9.15 Å². The Morgan fingerprint density at radius 2 is 1.91 bits per heavy atom. The van der Waals surface area contributed by atoms with E-state index in [9.17, 15) is 14.7 Å². The van der Waals surface area contributed by atoms with Gasteiger partial charge < -0.3 is 24.1 Å². The third kappa shape index (κ3) is 3.91. The van der Waals surface area contributed by atoms with Crippen molar-refractivity contribution in [1.82, 2.24) is 4.90 Å². The summed E-state index contributed by atoms with van der Waals surface area (Å²) >= 11 is 3.41. The predicted molar refractivity (Wildman–Crippen MR) is 125 cm³/mol. The molecule has 0 radical (unpaired) electrons. The van der Waals surface area contributed by atoms with E-state index in [0.717, 1.165) is 15.5 Å². The fraction of sp³-hybridized carbons (Fsp3) is 0.250. The van der Waals surface area contributed by atoms with Gasteiger partial charge in [-0.3, -0.25) is 9.59 Å². The summed E-state index contributed by atoms with van der Waals surface area (Å²) in [7, 11) is 5.40. The largest absolute Gasteiger partial charge is 0.503 e. The van der Waals surface area contributed by atoms with Crippen molar-refractivity contribution in [1.29, 1.82) is 0 Å². The van der Waals surface area contributed by atoms with Gasteiger partial charge in [0.2, 0.25) is 5.78 Å². The normalized spacial score (nSPS) is 16.3. The number of hydrogen-bond acceptors (Lipinski definition) is 6. The van der Waals surface area contributed by atoms with E-state index in [-0.39, 0.29) is 24.5 Å². The Kier molecular flexibility index (Phi) is 6.08. The first-order valence-corrected chi connectivity index (χ1v) is 10.8. The molecule has 1 amide bonds. The lowest BCUT2D eigenvalue weighted by atomic mass is 9.94. The second kappa shape index (κ2) is 8.80. The number of furan rings is 1. The molecule has 0 saturated heterocycles. The summed E-state index contributed by atoms with van der Waals surface area (Å²) in [4.78, 5) is 29.8. The van der Waals surface area contributed by atoms with Gasteiger partial charge in [-0.1, -0.05) is 28.1 Å². The number of ether oxygens (including phenoxy) is 1. The highest BCUT2D eigenvalue weighted by atomic mass is 79.9. The average Bonchev–Trinajstić information content (AvgIpc) is 3.30. The topological polar surface area (TPSA) is 83.2 Å². The first kappa shape index (κ1) is 22.1. The number of carbonyl (C=O) groups excluding carboxylic acids is 2. The Hall–Kier alpha value is -3.10. The van der Waals surface area contributed by atoms with E-state index in [1.165, 1.54) is 12.0 Å². The first-order valence-electron chi connectivity index (χ1n) is 10.1. The molecular formula is C24H23BrN2O5. The molecule has 166 valence electrons. The summed E-state index contributed by atoms with van der Waals surface area (Å²) in [6.07, 6.45) is 0. The number of halogens is 1. The van der Waals surface area contributed by atoms with Crippen LogP contribution in [0.5, 0.6) is 0 Å². The minimum Gasteiger partial charge on any atom is -0.503 e. The number of hydrogen-bond donors (Lipinski definition) is 1. The van der Waals surface area contributed by atoms with Crippen molar-refractivity contribution < 1.29 is 23.8 Å². The third-order valence-corrected chi connectivity index (χ3v) is 6.01. The van der Waals surface area contributed by atoms with Gasteiger partial charge in [0, 0.05) is 43.3 Å². The van der Waals surface area contributed by atoms with Crippen LogP contribution in [-0.4, -0.2) is 56.1 Å². The number of rotatable bonds is 7. The fourth-order valence-corrected chi connectivity index (χ4v) is 4.24. The van der Waals surface area contributed by atoms with Crippen LogP contribution >= 0.6 is 15.9 Å². The van der Waals surface area contributed by atoms with Gasteiger partial charge in [0.15, 0.2) is 11.5 Å². The van der Waals surface area contributed by atoms with Gasteiger partial charge in [-0.15, -0.1) is 0 Å². The standard InChI is InChI=1S/C24H23BrN2O5/c1-26(2)17-7-4-14(5-8-17)21-20(23(29)24(30)27(21)10-11-31-3)22(28)19-13-15-12-16(25)6-9-18(15)32-19/h4-9,12-13,21,29H,10-11H2,1-3H3. The number of benzene rings is 2. The summed E-state index contributed by atoms with van der Waals surface area (Å²) in [6.45, 7) is 0.495. The molecule has 0 aliphatic carbocycles. The molecule has 0 fully saturated rings. The maximum atomic E-state index is 13.5. The van der Waals surface area contributed by atoms with E-state index < -0.39 is 23.5 Å². The van der Waals surface area contributed by atoms with Crippen molar-refractivity contribution in [3.05, 3.63) is 75.7 Å². The van der Waals surface area contributed by atoms with Gasteiger partial charge in [0.05, 0.1) is 18.2 Å². The Bertz CT molecular complexity index is 1210. The molecule has 2 heterocycles.